The lowest BCUT2D eigenvalue weighted by atomic mass is 10.4. The van der Waals surface area contributed by atoms with Crippen molar-refractivity contribution >= 4 is 11.8 Å². The molecule has 0 saturated carbocycles. The Kier molecular flexibility index (Phi) is 2.03. The maximum Gasteiger partial charge on any atom is 0.0454 e. The third-order valence-corrected chi connectivity index (χ3v) is 1.84. The Morgan fingerprint density at radius 3 is 3.00 bits per heavy atom. The van der Waals surface area contributed by atoms with Crippen LogP contribution in [-0.2, 0) is 0 Å². The van der Waals surface area contributed by atoms with Gasteiger partial charge in [-0.2, -0.15) is 0 Å². The zero-order valence-corrected chi connectivity index (χ0v) is 5.66. The highest BCUT2D eigenvalue weighted by Crippen LogP contribution is 2.11. The third-order valence-electron chi connectivity index (χ3n) is 1.03. The number of hydrogen-bond donors (Lipinski definition) is 1. The van der Waals surface area contributed by atoms with Crippen molar-refractivity contribution in [2.75, 3.05) is 12.8 Å². The number of rotatable bonds is 1. The number of allylic oxidation sites excluding steroid dienone is 2. The van der Waals surface area contributed by atoms with Crippen LogP contribution in [0.2, 0.25) is 0 Å². The molecule has 0 radical (unpaired) electrons. The van der Waals surface area contributed by atoms with E-state index in [-0.39, 0.29) is 0 Å². The van der Waals surface area contributed by atoms with Crippen LogP contribution in [0.15, 0.2) is 23.3 Å². The lowest BCUT2D eigenvalue weighted by molar-refractivity contribution is 0.961. The molecule has 0 atom stereocenters. The summed E-state index contributed by atoms with van der Waals surface area (Å²) in [6.45, 7) is 0.998. The van der Waals surface area contributed by atoms with Crippen molar-refractivity contribution < 1.29 is 0 Å². The molecule has 1 aliphatic rings. The highest BCUT2D eigenvalue weighted by molar-refractivity contribution is 8.02. The molecular formula is C6H9NS. The predicted molar refractivity (Wildman–Crippen MR) is 38.7 cm³/mol. The minimum absolute atomic E-state index is 0.998. The van der Waals surface area contributed by atoms with Crippen LogP contribution in [0.4, 0.5) is 0 Å². The van der Waals surface area contributed by atoms with Gasteiger partial charge in [0.05, 0.1) is 0 Å². The molecule has 0 bridgehead atoms. The van der Waals surface area contributed by atoms with Gasteiger partial charge in [-0.15, -0.1) is 11.8 Å². The van der Waals surface area contributed by atoms with E-state index in [1.54, 1.807) is 11.8 Å². The Hall–Kier alpha value is -0.370. The standard InChI is InChI=1S/C6H9NS/c1-8-6-3-2-4-7-5-6/h2-4,7H,5H2,1H3. The Morgan fingerprint density at radius 1 is 1.75 bits per heavy atom. The van der Waals surface area contributed by atoms with Crippen molar-refractivity contribution in [3.63, 3.8) is 0 Å². The van der Waals surface area contributed by atoms with Crippen LogP contribution in [0.25, 0.3) is 0 Å². The number of thioether (sulfide) groups is 1. The van der Waals surface area contributed by atoms with E-state index in [1.807, 2.05) is 12.3 Å². The van der Waals surface area contributed by atoms with Crippen molar-refractivity contribution in [1.82, 2.24) is 5.32 Å². The fourth-order valence-corrected chi connectivity index (χ4v) is 1.02. The van der Waals surface area contributed by atoms with E-state index < -0.39 is 0 Å². The molecule has 2 heteroatoms. The molecule has 8 heavy (non-hydrogen) atoms. The van der Waals surface area contributed by atoms with Crippen LogP contribution in [-0.4, -0.2) is 12.8 Å². The van der Waals surface area contributed by atoms with Gasteiger partial charge in [0.15, 0.2) is 0 Å². The highest BCUT2D eigenvalue weighted by Gasteiger charge is 1.92. The minimum atomic E-state index is 0.998. The van der Waals surface area contributed by atoms with Gasteiger partial charge in [0.2, 0.25) is 0 Å². The summed E-state index contributed by atoms with van der Waals surface area (Å²) in [5.74, 6) is 0. The van der Waals surface area contributed by atoms with E-state index >= 15 is 0 Å². The van der Waals surface area contributed by atoms with Gasteiger partial charge >= 0.3 is 0 Å². The summed E-state index contributed by atoms with van der Waals surface area (Å²) in [7, 11) is 0. The first-order valence-corrected chi connectivity index (χ1v) is 3.79. The molecule has 0 aromatic rings. The molecule has 1 rings (SSSR count). The molecule has 1 N–H and O–H groups in total. The molecule has 0 spiro atoms. The Labute approximate surface area is 53.9 Å². The quantitative estimate of drug-likeness (QED) is 0.570. The molecule has 0 fully saturated rings. The smallest absolute Gasteiger partial charge is 0.0454 e. The number of nitrogens with one attached hydrogen (secondary N) is 1. The van der Waals surface area contributed by atoms with Gasteiger partial charge in [0, 0.05) is 11.4 Å². The van der Waals surface area contributed by atoms with Crippen LogP contribution in [0.1, 0.15) is 0 Å². The van der Waals surface area contributed by atoms with E-state index in [0.717, 1.165) is 6.54 Å². The zero-order chi connectivity index (χ0) is 5.82. The monoisotopic (exact) mass is 127 g/mol. The molecule has 0 amide bonds. The van der Waals surface area contributed by atoms with Gasteiger partial charge in [0.1, 0.15) is 0 Å². The second kappa shape index (κ2) is 2.82. The lowest BCUT2D eigenvalue weighted by Crippen LogP contribution is -2.10. The molecule has 0 saturated heterocycles. The Balaban J connectivity index is 2.50. The first kappa shape index (κ1) is 5.76. The molecule has 0 aliphatic carbocycles. The number of dihydropyridines is 1. The molecule has 1 aliphatic heterocycles. The van der Waals surface area contributed by atoms with Crippen LogP contribution in [0.5, 0.6) is 0 Å². The van der Waals surface area contributed by atoms with Crippen molar-refractivity contribution in [3.8, 4) is 0 Å². The summed E-state index contributed by atoms with van der Waals surface area (Å²) in [4.78, 5) is 1.40. The lowest BCUT2D eigenvalue weighted by Gasteiger charge is -2.05. The molecule has 44 valence electrons. The van der Waals surface area contributed by atoms with Gasteiger partial charge in [-0.1, -0.05) is 0 Å². The van der Waals surface area contributed by atoms with Crippen molar-refractivity contribution in [2.24, 2.45) is 0 Å². The summed E-state index contributed by atoms with van der Waals surface area (Å²) in [6.07, 6.45) is 8.20. The fourth-order valence-electron chi connectivity index (χ4n) is 0.582. The second-order valence-electron chi connectivity index (χ2n) is 1.58. The van der Waals surface area contributed by atoms with E-state index in [9.17, 15) is 0 Å². The summed E-state index contributed by atoms with van der Waals surface area (Å²) in [5.41, 5.74) is 0. The SMILES string of the molecule is CSC1=CC=CNC1. The maximum atomic E-state index is 3.12. The van der Waals surface area contributed by atoms with Gasteiger partial charge in [-0.3, -0.25) is 0 Å². The van der Waals surface area contributed by atoms with Crippen LogP contribution >= 0.6 is 11.8 Å². The highest BCUT2D eigenvalue weighted by atomic mass is 32.2. The Bertz CT molecular complexity index is 126. The van der Waals surface area contributed by atoms with E-state index in [1.165, 1.54) is 4.91 Å². The predicted octanol–water partition coefficient (Wildman–Crippen LogP) is 1.35. The molecule has 0 aromatic heterocycles. The maximum absolute atomic E-state index is 3.12. The third kappa shape index (κ3) is 1.30. The molecule has 1 nitrogen and oxygen atoms in total. The summed E-state index contributed by atoms with van der Waals surface area (Å²) >= 11 is 1.79. The minimum Gasteiger partial charge on any atom is -0.386 e. The zero-order valence-electron chi connectivity index (χ0n) is 4.85. The summed E-state index contributed by atoms with van der Waals surface area (Å²) < 4.78 is 0. The van der Waals surface area contributed by atoms with Gasteiger partial charge in [-0.25, -0.2) is 0 Å². The average Bonchev–Trinajstić information content (AvgIpc) is 1.90. The molecule has 1 heterocycles. The normalized spacial score (nSPS) is 17.4. The van der Waals surface area contributed by atoms with Crippen LogP contribution in [0, 0.1) is 0 Å². The van der Waals surface area contributed by atoms with E-state index in [4.69, 9.17) is 0 Å². The van der Waals surface area contributed by atoms with Crippen LogP contribution in [0.3, 0.4) is 0 Å². The first-order chi connectivity index (χ1) is 3.93. The average molecular weight is 127 g/mol. The van der Waals surface area contributed by atoms with Gasteiger partial charge in [-0.05, 0) is 24.6 Å². The summed E-state index contributed by atoms with van der Waals surface area (Å²) in [6, 6.07) is 0. The van der Waals surface area contributed by atoms with Gasteiger partial charge in [0.25, 0.3) is 0 Å². The summed E-state index contributed by atoms with van der Waals surface area (Å²) in [5, 5.41) is 3.12. The largest absolute Gasteiger partial charge is 0.386 e. The Morgan fingerprint density at radius 2 is 2.62 bits per heavy atom. The molecule has 0 aromatic carbocycles. The van der Waals surface area contributed by atoms with Crippen molar-refractivity contribution in [1.29, 1.82) is 0 Å². The van der Waals surface area contributed by atoms with Gasteiger partial charge < -0.3 is 5.32 Å². The molecular weight excluding hydrogens is 118 g/mol. The molecule has 0 unspecified atom stereocenters. The first-order valence-electron chi connectivity index (χ1n) is 2.56. The van der Waals surface area contributed by atoms with E-state index in [0.29, 0.717) is 0 Å². The number of hydrogen-bond acceptors (Lipinski definition) is 2. The van der Waals surface area contributed by atoms with Crippen LogP contribution < -0.4 is 5.32 Å². The van der Waals surface area contributed by atoms with Crippen molar-refractivity contribution in [2.45, 2.75) is 0 Å². The topological polar surface area (TPSA) is 12.0 Å². The van der Waals surface area contributed by atoms with E-state index in [2.05, 4.69) is 17.6 Å². The van der Waals surface area contributed by atoms with Crippen molar-refractivity contribution in [3.05, 3.63) is 23.3 Å². The second-order valence-corrected chi connectivity index (χ2v) is 2.51. The fraction of sp³-hybridized carbons (Fsp3) is 0.333.